The second kappa shape index (κ2) is 4.10. The van der Waals surface area contributed by atoms with E-state index in [0.29, 0.717) is 17.8 Å². The van der Waals surface area contributed by atoms with Crippen molar-refractivity contribution in [3.8, 4) is 10.6 Å². The number of pyridine rings is 1. The molecule has 0 bridgehead atoms. The van der Waals surface area contributed by atoms with Crippen LogP contribution in [0.4, 0.5) is 0 Å². The molecule has 0 fully saturated rings. The van der Waals surface area contributed by atoms with Crippen LogP contribution in [0.1, 0.15) is 22.6 Å². The van der Waals surface area contributed by atoms with Crippen molar-refractivity contribution in [2.75, 3.05) is 0 Å². The minimum absolute atomic E-state index is 0.278. The Morgan fingerprint density at radius 3 is 2.89 bits per heavy atom. The highest BCUT2D eigenvalue weighted by Gasteiger charge is 2.24. The van der Waals surface area contributed by atoms with Crippen LogP contribution in [-0.2, 0) is 6.42 Å². The van der Waals surface area contributed by atoms with E-state index in [1.165, 1.54) is 0 Å². The van der Waals surface area contributed by atoms with Crippen LogP contribution >= 0.6 is 11.3 Å². The number of nitrogens with one attached hydrogen (secondary N) is 2. The molecule has 0 unspecified atom stereocenters. The monoisotopic (exact) mass is 256 g/mol. The molecule has 1 aliphatic carbocycles. The predicted molar refractivity (Wildman–Crippen MR) is 73.0 cm³/mol. The van der Waals surface area contributed by atoms with Crippen LogP contribution in [0, 0.1) is 17.7 Å². The molecule has 0 radical (unpaired) electrons. The maximum atomic E-state index is 7.91. The van der Waals surface area contributed by atoms with Crippen molar-refractivity contribution in [2.24, 2.45) is 0 Å². The Balaban J connectivity index is 2.12. The summed E-state index contributed by atoms with van der Waals surface area (Å²) < 4.78 is 0. The summed E-state index contributed by atoms with van der Waals surface area (Å²) in [5.41, 5.74) is 3.52. The Bertz CT molecular complexity index is 657. The molecule has 0 spiro atoms. The molecule has 0 aromatic carbocycles. The van der Waals surface area contributed by atoms with Crippen molar-refractivity contribution in [3.63, 3.8) is 0 Å². The lowest BCUT2D eigenvalue weighted by atomic mass is 9.99. The Morgan fingerprint density at radius 1 is 1.28 bits per heavy atom. The van der Waals surface area contributed by atoms with Gasteiger partial charge in [0, 0.05) is 22.8 Å². The molecule has 4 nitrogen and oxygen atoms in total. The smallest absolute Gasteiger partial charge is 0.126 e. The van der Waals surface area contributed by atoms with E-state index >= 15 is 0 Å². The highest BCUT2D eigenvalue weighted by Crippen LogP contribution is 2.32. The molecule has 90 valence electrons. The van der Waals surface area contributed by atoms with Crippen molar-refractivity contribution < 1.29 is 0 Å². The Morgan fingerprint density at radius 2 is 2.11 bits per heavy atom. The number of aromatic nitrogens is 2. The fourth-order valence-electron chi connectivity index (χ4n) is 2.03. The number of hydrogen-bond acceptors (Lipinski definition) is 5. The maximum absolute atomic E-state index is 7.91. The van der Waals surface area contributed by atoms with E-state index < -0.39 is 0 Å². The van der Waals surface area contributed by atoms with Gasteiger partial charge in [-0.25, -0.2) is 4.98 Å². The molecule has 2 N–H and O–H groups in total. The zero-order valence-electron chi connectivity index (χ0n) is 9.95. The number of fused-ring (bicyclic) bond motifs is 1. The topological polar surface area (TPSA) is 73.5 Å². The lowest BCUT2D eigenvalue weighted by Crippen LogP contribution is -2.20. The SMILES string of the molecule is Cc1ccncc1-c1nc2c(s1)CCC(=N)C2=N. The average molecular weight is 256 g/mol. The van der Waals surface area contributed by atoms with E-state index in [2.05, 4.69) is 9.97 Å². The van der Waals surface area contributed by atoms with E-state index in [1.807, 2.05) is 19.2 Å². The van der Waals surface area contributed by atoms with Gasteiger partial charge in [-0.1, -0.05) is 0 Å². The minimum Gasteiger partial charge on any atom is -0.303 e. The third-order valence-electron chi connectivity index (χ3n) is 3.11. The summed E-state index contributed by atoms with van der Waals surface area (Å²) >= 11 is 1.62. The van der Waals surface area contributed by atoms with Crippen LogP contribution in [-0.4, -0.2) is 21.4 Å². The highest BCUT2D eigenvalue weighted by molar-refractivity contribution is 7.15. The first-order valence-corrected chi connectivity index (χ1v) is 6.56. The molecule has 18 heavy (non-hydrogen) atoms. The van der Waals surface area contributed by atoms with Crippen molar-refractivity contribution in [3.05, 3.63) is 34.6 Å². The number of hydrogen-bond donors (Lipinski definition) is 2. The van der Waals surface area contributed by atoms with E-state index in [1.54, 1.807) is 17.5 Å². The molecule has 1 aliphatic rings. The van der Waals surface area contributed by atoms with Gasteiger partial charge in [-0.2, -0.15) is 0 Å². The number of aryl methyl sites for hydroxylation is 2. The minimum atomic E-state index is 0.278. The van der Waals surface area contributed by atoms with Gasteiger partial charge in [0.1, 0.15) is 16.4 Å². The Hall–Kier alpha value is -1.88. The van der Waals surface area contributed by atoms with Crippen LogP contribution in [0.3, 0.4) is 0 Å². The summed E-state index contributed by atoms with van der Waals surface area (Å²) in [6, 6.07) is 1.96. The Labute approximate surface area is 109 Å². The molecule has 2 heterocycles. The quantitative estimate of drug-likeness (QED) is 0.823. The molecule has 3 rings (SSSR count). The normalized spacial score (nSPS) is 14.7. The van der Waals surface area contributed by atoms with Gasteiger partial charge in [0.05, 0.1) is 5.71 Å². The molecule has 0 saturated heterocycles. The molecule has 0 aliphatic heterocycles. The third-order valence-corrected chi connectivity index (χ3v) is 4.26. The van der Waals surface area contributed by atoms with Crippen molar-refractivity contribution >= 4 is 22.8 Å². The van der Waals surface area contributed by atoms with Crippen LogP contribution in [0.25, 0.3) is 10.6 Å². The first-order valence-electron chi connectivity index (χ1n) is 5.74. The highest BCUT2D eigenvalue weighted by atomic mass is 32.1. The fourth-order valence-corrected chi connectivity index (χ4v) is 3.17. The van der Waals surface area contributed by atoms with Gasteiger partial charge in [-0.15, -0.1) is 11.3 Å². The zero-order chi connectivity index (χ0) is 12.7. The number of thiazole rings is 1. The number of nitrogens with zero attached hydrogens (tertiary/aromatic N) is 2. The summed E-state index contributed by atoms with van der Waals surface area (Å²) in [5.74, 6) is 0. The van der Waals surface area contributed by atoms with E-state index in [-0.39, 0.29) is 5.71 Å². The van der Waals surface area contributed by atoms with Crippen molar-refractivity contribution in [2.45, 2.75) is 19.8 Å². The second-order valence-corrected chi connectivity index (χ2v) is 5.42. The standard InChI is InChI=1S/C13H12N4S/c1-7-4-5-16-6-8(7)13-17-12-10(18-13)3-2-9(14)11(12)15/h4-6,14-15H,2-3H2,1H3. The predicted octanol–water partition coefficient (Wildman–Crippen LogP) is 2.85. The molecule has 2 aromatic heterocycles. The van der Waals surface area contributed by atoms with Gasteiger partial charge < -0.3 is 5.41 Å². The maximum Gasteiger partial charge on any atom is 0.126 e. The van der Waals surface area contributed by atoms with Gasteiger partial charge in [-0.3, -0.25) is 10.4 Å². The fraction of sp³-hybridized carbons (Fsp3) is 0.231. The molecule has 0 saturated carbocycles. The summed E-state index contributed by atoms with van der Waals surface area (Å²) in [6.45, 7) is 2.03. The van der Waals surface area contributed by atoms with Crippen LogP contribution < -0.4 is 0 Å². The molecule has 5 heteroatoms. The van der Waals surface area contributed by atoms with Gasteiger partial charge in [0.15, 0.2) is 0 Å². The third kappa shape index (κ3) is 1.67. The lowest BCUT2D eigenvalue weighted by Gasteiger charge is -2.10. The van der Waals surface area contributed by atoms with Crippen LogP contribution in [0.2, 0.25) is 0 Å². The summed E-state index contributed by atoms with van der Waals surface area (Å²) in [4.78, 5) is 9.78. The average Bonchev–Trinajstić information content (AvgIpc) is 2.79. The van der Waals surface area contributed by atoms with Gasteiger partial charge in [-0.05, 0) is 31.4 Å². The molecular formula is C13H12N4S. The summed E-state index contributed by atoms with van der Waals surface area (Å²) in [7, 11) is 0. The van der Waals surface area contributed by atoms with Gasteiger partial charge in [0.25, 0.3) is 0 Å². The van der Waals surface area contributed by atoms with Crippen molar-refractivity contribution in [1.29, 1.82) is 10.8 Å². The largest absolute Gasteiger partial charge is 0.303 e. The zero-order valence-corrected chi connectivity index (χ0v) is 10.8. The molecule has 0 atom stereocenters. The van der Waals surface area contributed by atoms with Gasteiger partial charge in [0.2, 0.25) is 0 Å². The van der Waals surface area contributed by atoms with Crippen LogP contribution in [0.15, 0.2) is 18.5 Å². The summed E-state index contributed by atoms with van der Waals surface area (Å²) in [5, 5.41) is 16.5. The van der Waals surface area contributed by atoms with E-state index in [4.69, 9.17) is 10.8 Å². The second-order valence-electron chi connectivity index (χ2n) is 4.33. The van der Waals surface area contributed by atoms with E-state index in [9.17, 15) is 0 Å². The Kier molecular flexibility index (Phi) is 2.56. The lowest BCUT2D eigenvalue weighted by molar-refractivity contribution is 1.03. The molecular weight excluding hydrogens is 244 g/mol. The molecule has 2 aromatic rings. The van der Waals surface area contributed by atoms with Crippen molar-refractivity contribution in [1.82, 2.24) is 9.97 Å². The summed E-state index contributed by atoms with van der Waals surface area (Å²) in [6.07, 6.45) is 5.06. The number of rotatable bonds is 1. The first kappa shape index (κ1) is 11.2. The van der Waals surface area contributed by atoms with E-state index in [0.717, 1.165) is 27.4 Å². The first-order chi connectivity index (χ1) is 8.66. The van der Waals surface area contributed by atoms with Gasteiger partial charge >= 0.3 is 0 Å². The molecule has 0 amide bonds. The van der Waals surface area contributed by atoms with Crippen LogP contribution in [0.5, 0.6) is 0 Å².